The van der Waals surface area contributed by atoms with E-state index in [1.165, 1.54) is 23.9 Å². The number of rotatable bonds is 7. The zero-order valence-electron chi connectivity index (χ0n) is 11.7. The Morgan fingerprint density at radius 1 is 1.25 bits per heavy atom. The van der Waals surface area contributed by atoms with E-state index in [4.69, 9.17) is 5.11 Å². The van der Waals surface area contributed by atoms with Crippen LogP contribution in [0.15, 0.2) is 29.2 Å². The largest absolute Gasteiger partial charge is 0.416 e. The molecule has 0 heterocycles. The van der Waals surface area contributed by atoms with Gasteiger partial charge in [-0.05, 0) is 32.0 Å². The van der Waals surface area contributed by atoms with Crippen molar-refractivity contribution in [2.75, 3.05) is 25.4 Å². The minimum Gasteiger partial charge on any atom is -0.395 e. The van der Waals surface area contributed by atoms with Gasteiger partial charge in [0.2, 0.25) is 0 Å². The fourth-order valence-corrected chi connectivity index (χ4v) is 2.75. The van der Waals surface area contributed by atoms with Crippen LogP contribution in [0.4, 0.5) is 13.2 Å². The van der Waals surface area contributed by atoms with Gasteiger partial charge in [0.15, 0.2) is 0 Å². The van der Waals surface area contributed by atoms with Gasteiger partial charge in [-0.15, -0.1) is 11.8 Å². The normalized spacial score (nSPS) is 12.4. The van der Waals surface area contributed by atoms with Crippen molar-refractivity contribution in [2.24, 2.45) is 0 Å². The third-order valence-electron chi connectivity index (χ3n) is 2.93. The molecule has 1 aromatic carbocycles. The molecule has 1 rings (SSSR count). The molecule has 2 nitrogen and oxygen atoms in total. The van der Waals surface area contributed by atoms with Gasteiger partial charge in [0.25, 0.3) is 0 Å². The lowest BCUT2D eigenvalue weighted by Crippen LogP contribution is -2.35. The van der Waals surface area contributed by atoms with Crippen molar-refractivity contribution in [3.05, 3.63) is 29.8 Å². The molecule has 0 saturated heterocycles. The standard InChI is InChI=1S/C14H20F3NOS/c1-11(2)18(6-8-19)7-9-20-13-5-3-4-12(10-13)14(15,16)17/h3-5,10-11,19H,6-9H2,1-2H3. The number of thioether (sulfide) groups is 1. The summed E-state index contributed by atoms with van der Waals surface area (Å²) in [4.78, 5) is 2.72. The second-order valence-corrected chi connectivity index (χ2v) is 5.90. The van der Waals surface area contributed by atoms with E-state index in [-0.39, 0.29) is 6.61 Å². The first kappa shape index (κ1) is 17.3. The molecule has 0 bridgehead atoms. The minimum atomic E-state index is -4.29. The van der Waals surface area contributed by atoms with E-state index in [9.17, 15) is 13.2 Å². The maximum atomic E-state index is 12.6. The van der Waals surface area contributed by atoms with E-state index in [1.54, 1.807) is 6.07 Å². The minimum absolute atomic E-state index is 0.0897. The van der Waals surface area contributed by atoms with Crippen molar-refractivity contribution in [3.8, 4) is 0 Å². The Morgan fingerprint density at radius 2 is 1.95 bits per heavy atom. The topological polar surface area (TPSA) is 23.5 Å². The number of benzene rings is 1. The molecule has 6 heteroatoms. The summed E-state index contributed by atoms with van der Waals surface area (Å²) in [5.41, 5.74) is -0.612. The highest BCUT2D eigenvalue weighted by molar-refractivity contribution is 7.99. The van der Waals surface area contributed by atoms with Gasteiger partial charge in [0, 0.05) is 29.8 Å². The van der Waals surface area contributed by atoms with E-state index in [0.717, 1.165) is 12.6 Å². The van der Waals surface area contributed by atoms with E-state index >= 15 is 0 Å². The Morgan fingerprint density at radius 3 is 2.50 bits per heavy atom. The van der Waals surface area contributed by atoms with Crippen molar-refractivity contribution >= 4 is 11.8 Å². The molecule has 0 spiro atoms. The summed E-state index contributed by atoms with van der Waals surface area (Å²) in [5.74, 6) is 0.694. The van der Waals surface area contributed by atoms with Crippen LogP contribution in [0.5, 0.6) is 0 Å². The number of alkyl halides is 3. The average molecular weight is 307 g/mol. The van der Waals surface area contributed by atoms with Crippen molar-refractivity contribution in [3.63, 3.8) is 0 Å². The second kappa shape index (κ2) is 7.90. The first-order chi connectivity index (χ1) is 9.34. The zero-order valence-corrected chi connectivity index (χ0v) is 12.5. The molecule has 0 fully saturated rings. The predicted octanol–water partition coefficient (Wildman–Crippen LogP) is 3.50. The van der Waals surface area contributed by atoms with Crippen LogP contribution in [0.25, 0.3) is 0 Å². The molecule has 0 aliphatic heterocycles. The highest BCUT2D eigenvalue weighted by Crippen LogP contribution is 2.31. The summed E-state index contributed by atoms with van der Waals surface area (Å²) in [7, 11) is 0. The van der Waals surface area contributed by atoms with E-state index in [0.29, 0.717) is 23.2 Å². The molecule has 0 aliphatic rings. The van der Waals surface area contributed by atoms with E-state index < -0.39 is 11.7 Å². The molecule has 0 unspecified atom stereocenters. The van der Waals surface area contributed by atoms with Crippen LogP contribution in [0.3, 0.4) is 0 Å². The number of hydrogen-bond donors (Lipinski definition) is 1. The van der Waals surface area contributed by atoms with Crippen molar-refractivity contribution in [1.82, 2.24) is 4.90 Å². The molecule has 1 aromatic rings. The molecular formula is C14H20F3NOS. The van der Waals surface area contributed by atoms with E-state index in [2.05, 4.69) is 4.90 Å². The third-order valence-corrected chi connectivity index (χ3v) is 3.90. The Kier molecular flexibility index (Phi) is 6.85. The zero-order chi connectivity index (χ0) is 15.2. The maximum Gasteiger partial charge on any atom is 0.416 e. The van der Waals surface area contributed by atoms with Gasteiger partial charge in [-0.2, -0.15) is 13.2 Å². The van der Waals surface area contributed by atoms with Gasteiger partial charge >= 0.3 is 6.18 Å². The van der Waals surface area contributed by atoms with Crippen LogP contribution in [-0.4, -0.2) is 41.5 Å². The molecule has 0 amide bonds. The molecule has 0 aromatic heterocycles. The van der Waals surface area contributed by atoms with Crippen molar-refractivity contribution in [2.45, 2.75) is 31.0 Å². The van der Waals surface area contributed by atoms with Crippen LogP contribution in [0, 0.1) is 0 Å². The molecule has 114 valence electrons. The van der Waals surface area contributed by atoms with Gasteiger partial charge in [0.05, 0.1) is 12.2 Å². The van der Waals surface area contributed by atoms with Crippen LogP contribution >= 0.6 is 11.8 Å². The second-order valence-electron chi connectivity index (χ2n) is 4.73. The Bertz CT molecular complexity index is 410. The molecule has 20 heavy (non-hydrogen) atoms. The average Bonchev–Trinajstić information content (AvgIpc) is 2.37. The smallest absolute Gasteiger partial charge is 0.395 e. The van der Waals surface area contributed by atoms with Crippen molar-refractivity contribution < 1.29 is 18.3 Å². The molecular weight excluding hydrogens is 287 g/mol. The lowest BCUT2D eigenvalue weighted by atomic mass is 10.2. The first-order valence-corrected chi connectivity index (χ1v) is 7.48. The summed E-state index contributed by atoms with van der Waals surface area (Å²) in [5, 5.41) is 8.95. The van der Waals surface area contributed by atoms with Gasteiger partial charge in [0.1, 0.15) is 0 Å². The molecule has 0 saturated carbocycles. The highest BCUT2D eigenvalue weighted by Gasteiger charge is 2.30. The first-order valence-electron chi connectivity index (χ1n) is 6.49. The Hall–Kier alpha value is -0.720. The van der Waals surface area contributed by atoms with Gasteiger partial charge in [-0.3, -0.25) is 4.90 Å². The van der Waals surface area contributed by atoms with Gasteiger partial charge in [-0.1, -0.05) is 6.07 Å². The van der Waals surface area contributed by atoms with Crippen LogP contribution in [0.2, 0.25) is 0 Å². The molecule has 0 radical (unpaired) electrons. The number of hydrogen-bond acceptors (Lipinski definition) is 3. The number of aliphatic hydroxyl groups is 1. The Labute approximate surface area is 122 Å². The lowest BCUT2D eigenvalue weighted by molar-refractivity contribution is -0.137. The summed E-state index contributed by atoms with van der Waals surface area (Å²) in [6.45, 7) is 5.47. The fourth-order valence-electron chi connectivity index (χ4n) is 1.80. The van der Waals surface area contributed by atoms with Gasteiger partial charge < -0.3 is 5.11 Å². The Balaban J connectivity index is 2.53. The molecule has 0 aliphatic carbocycles. The summed E-state index contributed by atoms with van der Waals surface area (Å²) < 4.78 is 37.7. The third kappa shape index (κ3) is 5.73. The lowest BCUT2D eigenvalue weighted by Gasteiger charge is -2.25. The van der Waals surface area contributed by atoms with Crippen LogP contribution in [-0.2, 0) is 6.18 Å². The SMILES string of the molecule is CC(C)N(CCO)CCSc1cccc(C(F)(F)F)c1. The maximum absolute atomic E-state index is 12.6. The van der Waals surface area contributed by atoms with Crippen LogP contribution in [0.1, 0.15) is 19.4 Å². The molecule has 1 N–H and O–H groups in total. The number of nitrogens with zero attached hydrogens (tertiary/aromatic N) is 1. The van der Waals surface area contributed by atoms with E-state index in [1.807, 2.05) is 13.8 Å². The summed E-state index contributed by atoms with van der Waals surface area (Å²) in [6, 6.07) is 5.68. The fraction of sp³-hybridized carbons (Fsp3) is 0.571. The molecule has 0 atom stereocenters. The monoisotopic (exact) mass is 307 g/mol. The number of aliphatic hydroxyl groups excluding tert-OH is 1. The van der Waals surface area contributed by atoms with Gasteiger partial charge in [-0.25, -0.2) is 0 Å². The van der Waals surface area contributed by atoms with Crippen molar-refractivity contribution in [1.29, 1.82) is 0 Å². The highest BCUT2D eigenvalue weighted by atomic mass is 32.2. The quantitative estimate of drug-likeness (QED) is 0.780. The summed E-state index contributed by atoms with van der Waals surface area (Å²) >= 11 is 1.40. The summed E-state index contributed by atoms with van der Waals surface area (Å²) in [6.07, 6.45) is -4.29. The predicted molar refractivity (Wildman–Crippen MR) is 76.0 cm³/mol. The number of halogens is 3. The van der Waals surface area contributed by atoms with Crippen LogP contribution < -0.4 is 0 Å².